The van der Waals surface area contributed by atoms with Crippen LogP contribution in [-0.4, -0.2) is 49.0 Å². The van der Waals surface area contributed by atoms with Crippen LogP contribution >= 0.6 is 0 Å². The smallest absolute Gasteiger partial charge is 0.346 e. The van der Waals surface area contributed by atoms with Gasteiger partial charge in [0.2, 0.25) is 0 Å². The van der Waals surface area contributed by atoms with Crippen molar-refractivity contribution in [3.05, 3.63) is 35.9 Å². The molecular formula is C19H17F13O2. The van der Waals surface area contributed by atoms with Gasteiger partial charge in [-0.1, -0.05) is 30.3 Å². The van der Waals surface area contributed by atoms with E-state index in [0.717, 1.165) is 0 Å². The molecule has 0 spiro atoms. The Labute approximate surface area is 184 Å². The Hall–Kier alpha value is -1.77. The number of benzene rings is 1. The number of rotatable bonds is 8. The van der Waals surface area contributed by atoms with Crippen LogP contribution in [0.2, 0.25) is 0 Å². The highest BCUT2D eigenvalue weighted by Crippen LogP contribution is 2.60. The van der Waals surface area contributed by atoms with Crippen LogP contribution in [-0.2, 0) is 15.3 Å². The summed E-state index contributed by atoms with van der Waals surface area (Å²) in [4.78, 5) is 0. The Bertz CT molecular complexity index is 828. The summed E-state index contributed by atoms with van der Waals surface area (Å²) >= 11 is 0. The minimum atomic E-state index is -7.89. The lowest BCUT2D eigenvalue weighted by Crippen LogP contribution is -2.70. The molecular weight excluding hydrogens is 507 g/mol. The van der Waals surface area contributed by atoms with E-state index in [9.17, 15) is 57.1 Å². The molecule has 196 valence electrons. The number of ether oxygens (including phenoxy) is 2. The van der Waals surface area contributed by atoms with Crippen molar-refractivity contribution in [3.63, 3.8) is 0 Å². The highest BCUT2D eigenvalue weighted by atomic mass is 19.4. The molecule has 0 N–H and O–H groups in total. The molecule has 2 nitrogen and oxygen atoms in total. The predicted molar refractivity (Wildman–Crippen MR) is 89.2 cm³/mol. The van der Waals surface area contributed by atoms with E-state index in [-0.39, 0.29) is 0 Å². The van der Waals surface area contributed by atoms with Gasteiger partial charge in [-0.2, -0.15) is 57.1 Å². The fourth-order valence-corrected chi connectivity index (χ4v) is 3.06. The molecule has 0 radical (unpaired) electrons. The minimum Gasteiger partial charge on any atom is -0.346 e. The monoisotopic (exact) mass is 524 g/mol. The molecule has 0 aromatic heterocycles. The van der Waals surface area contributed by atoms with E-state index in [1.165, 1.54) is 6.92 Å². The molecule has 0 unspecified atom stereocenters. The zero-order chi connectivity index (χ0) is 26.4. The molecule has 1 aromatic rings. The lowest BCUT2D eigenvalue weighted by molar-refractivity contribution is -0.440. The van der Waals surface area contributed by atoms with Crippen molar-refractivity contribution in [2.75, 3.05) is 13.2 Å². The molecule has 0 amide bonds. The van der Waals surface area contributed by atoms with Crippen molar-refractivity contribution in [3.8, 4) is 0 Å². The van der Waals surface area contributed by atoms with E-state index >= 15 is 0 Å². The molecule has 15 heteroatoms. The van der Waals surface area contributed by atoms with Crippen molar-refractivity contribution >= 4 is 0 Å². The van der Waals surface area contributed by atoms with E-state index in [0.29, 0.717) is 5.56 Å². The zero-order valence-electron chi connectivity index (χ0n) is 17.0. The van der Waals surface area contributed by atoms with Crippen molar-refractivity contribution in [2.24, 2.45) is 5.92 Å². The van der Waals surface area contributed by atoms with Gasteiger partial charge < -0.3 is 9.47 Å². The van der Waals surface area contributed by atoms with E-state index in [1.807, 2.05) is 0 Å². The van der Waals surface area contributed by atoms with Gasteiger partial charge in [-0.05, 0) is 13.3 Å². The van der Waals surface area contributed by atoms with Gasteiger partial charge in [0, 0.05) is 17.9 Å². The number of hydrogen-bond acceptors (Lipinski definition) is 2. The van der Waals surface area contributed by atoms with E-state index < -0.39 is 73.5 Å². The summed E-state index contributed by atoms with van der Waals surface area (Å²) in [6, 6.07) is 8.03. The lowest BCUT2D eigenvalue weighted by Gasteiger charge is -2.41. The van der Waals surface area contributed by atoms with Crippen LogP contribution in [0.4, 0.5) is 57.1 Å². The predicted octanol–water partition coefficient (Wildman–Crippen LogP) is 7.04. The van der Waals surface area contributed by atoms with Gasteiger partial charge in [0.1, 0.15) is 0 Å². The molecule has 0 aliphatic carbocycles. The second-order valence-electron chi connectivity index (χ2n) is 7.84. The van der Waals surface area contributed by atoms with Gasteiger partial charge >= 0.3 is 35.8 Å². The van der Waals surface area contributed by atoms with Crippen molar-refractivity contribution in [1.82, 2.24) is 0 Å². The van der Waals surface area contributed by atoms with Gasteiger partial charge in [0.05, 0.1) is 13.2 Å². The van der Waals surface area contributed by atoms with Gasteiger partial charge in [-0.25, -0.2) is 0 Å². The van der Waals surface area contributed by atoms with Crippen molar-refractivity contribution < 1.29 is 66.5 Å². The average molecular weight is 524 g/mol. The molecule has 34 heavy (non-hydrogen) atoms. The molecule has 0 atom stereocenters. The first-order chi connectivity index (χ1) is 15.1. The third-order valence-corrected chi connectivity index (χ3v) is 5.35. The van der Waals surface area contributed by atoms with Crippen molar-refractivity contribution in [2.45, 2.75) is 61.3 Å². The third kappa shape index (κ3) is 4.56. The fraction of sp³-hybridized carbons (Fsp3) is 0.684. The van der Waals surface area contributed by atoms with Crippen molar-refractivity contribution in [1.29, 1.82) is 0 Å². The van der Waals surface area contributed by atoms with Gasteiger partial charge in [-0.15, -0.1) is 0 Å². The van der Waals surface area contributed by atoms with Crippen LogP contribution in [0.25, 0.3) is 0 Å². The summed E-state index contributed by atoms with van der Waals surface area (Å²) in [7, 11) is 0. The highest BCUT2D eigenvalue weighted by Gasteiger charge is 2.90. The third-order valence-electron chi connectivity index (χ3n) is 5.35. The summed E-state index contributed by atoms with van der Waals surface area (Å²) in [5.74, 6) is -39.3. The van der Waals surface area contributed by atoms with Gasteiger partial charge in [-0.3, -0.25) is 0 Å². The number of hydrogen-bond donors (Lipinski definition) is 0. The first-order valence-corrected chi connectivity index (χ1v) is 9.43. The van der Waals surface area contributed by atoms with Crippen LogP contribution in [0.15, 0.2) is 30.3 Å². The summed E-state index contributed by atoms with van der Waals surface area (Å²) < 4.78 is 182. The van der Waals surface area contributed by atoms with Crippen LogP contribution in [0.1, 0.15) is 25.3 Å². The van der Waals surface area contributed by atoms with Crippen LogP contribution in [0, 0.1) is 5.92 Å². The molecule has 0 saturated carbocycles. The molecule has 2 rings (SSSR count). The largest absolute Gasteiger partial charge is 0.460 e. The van der Waals surface area contributed by atoms with Crippen LogP contribution in [0.3, 0.4) is 0 Å². The molecule has 1 aliphatic rings. The Morgan fingerprint density at radius 3 is 1.59 bits per heavy atom. The molecule has 0 bridgehead atoms. The SMILES string of the molecule is CC1(c2ccccc2)OCC(CCC(F)(F)C(F)(F)C(F)(F)C(F)(F)C(F)(F)C(F)(F)F)CO1. The minimum absolute atomic E-state index is 0.425. The van der Waals surface area contributed by atoms with E-state index in [2.05, 4.69) is 0 Å². The highest BCUT2D eigenvalue weighted by molar-refractivity contribution is 5.20. The first kappa shape index (κ1) is 28.5. The van der Waals surface area contributed by atoms with Crippen LogP contribution in [0.5, 0.6) is 0 Å². The topological polar surface area (TPSA) is 18.5 Å². The summed E-state index contributed by atoms with van der Waals surface area (Å²) in [6.45, 7) is 0.586. The summed E-state index contributed by atoms with van der Waals surface area (Å²) in [5.41, 5.74) is 0.484. The second-order valence-corrected chi connectivity index (χ2v) is 7.84. The standard InChI is InChI=1S/C19H17F13O2/c1-13(12-5-3-2-4-6-12)33-9-11(10-34-13)7-8-14(20,21)15(22,23)16(24,25)17(26,27)18(28,29)19(30,31)32/h2-6,11H,7-10H2,1H3. The molecule has 1 aromatic carbocycles. The van der Waals surface area contributed by atoms with E-state index in [4.69, 9.17) is 9.47 Å². The first-order valence-electron chi connectivity index (χ1n) is 9.43. The lowest BCUT2D eigenvalue weighted by atomic mass is 9.90. The Balaban J connectivity index is 2.13. The number of alkyl halides is 13. The van der Waals surface area contributed by atoms with Gasteiger partial charge in [0.25, 0.3) is 0 Å². The summed E-state index contributed by atoms with van der Waals surface area (Å²) in [6.07, 6.45) is -10.8. The summed E-state index contributed by atoms with van der Waals surface area (Å²) in [5, 5.41) is 0. The van der Waals surface area contributed by atoms with Gasteiger partial charge in [0.15, 0.2) is 5.79 Å². The average Bonchev–Trinajstić information content (AvgIpc) is 2.72. The molecule has 1 saturated heterocycles. The normalized spacial score (nSPS) is 23.8. The molecule has 1 fully saturated rings. The Morgan fingerprint density at radius 2 is 1.15 bits per heavy atom. The molecule has 1 heterocycles. The Morgan fingerprint density at radius 1 is 0.706 bits per heavy atom. The fourth-order valence-electron chi connectivity index (χ4n) is 3.06. The number of halogens is 13. The Kier molecular flexibility index (Phi) is 7.30. The van der Waals surface area contributed by atoms with Crippen LogP contribution < -0.4 is 0 Å². The zero-order valence-corrected chi connectivity index (χ0v) is 17.0. The second kappa shape index (κ2) is 8.71. The maximum absolute atomic E-state index is 13.9. The maximum Gasteiger partial charge on any atom is 0.460 e. The molecule has 1 aliphatic heterocycles. The maximum atomic E-state index is 13.9. The van der Waals surface area contributed by atoms with E-state index in [1.54, 1.807) is 30.3 Å². The quantitative estimate of drug-likeness (QED) is 0.340.